The van der Waals surface area contributed by atoms with Crippen LogP contribution < -0.4 is 4.74 Å². The van der Waals surface area contributed by atoms with Crippen LogP contribution in [0.1, 0.15) is 41.5 Å². The Labute approximate surface area is 201 Å². The van der Waals surface area contributed by atoms with Gasteiger partial charge in [0.1, 0.15) is 24.0 Å². The summed E-state index contributed by atoms with van der Waals surface area (Å²) in [4.78, 5) is 4.05. The van der Waals surface area contributed by atoms with Gasteiger partial charge in [-0.3, -0.25) is 0 Å². The van der Waals surface area contributed by atoms with E-state index in [1.54, 1.807) is 36.9 Å². The Bertz CT molecular complexity index is 1120. The minimum absolute atomic E-state index is 0. The predicted octanol–water partition coefficient (Wildman–Crippen LogP) is 6.21. The first-order chi connectivity index (χ1) is 15.7. The SMILES string of the molecule is COC1CCOC(c2cc(F)cc(OCc3ccc(-n4ccnc4C)cc3C(F)(F)F)c2)C1.Cl. The minimum atomic E-state index is -4.58. The van der Waals surface area contributed by atoms with Crippen LogP contribution in [0.2, 0.25) is 0 Å². The van der Waals surface area contributed by atoms with Crippen LogP contribution in [0.15, 0.2) is 48.8 Å². The van der Waals surface area contributed by atoms with E-state index >= 15 is 0 Å². The first-order valence-electron chi connectivity index (χ1n) is 10.5. The molecule has 2 unspecified atom stereocenters. The van der Waals surface area contributed by atoms with Gasteiger partial charge in [0.2, 0.25) is 0 Å². The van der Waals surface area contributed by atoms with Gasteiger partial charge in [0, 0.05) is 49.8 Å². The van der Waals surface area contributed by atoms with Gasteiger partial charge in [-0.2, -0.15) is 13.2 Å². The lowest BCUT2D eigenvalue weighted by Crippen LogP contribution is -2.25. The molecule has 5 nitrogen and oxygen atoms in total. The maximum Gasteiger partial charge on any atom is 0.416 e. The molecule has 0 amide bonds. The summed E-state index contributed by atoms with van der Waals surface area (Å²) >= 11 is 0. The molecule has 1 aliphatic rings. The minimum Gasteiger partial charge on any atom is -0.489 e. The van der Waals surface area contributed by atoms with E-state index in [2.05, 4.69) is 4.98 Å². The number of rotatable bonds is 6. The summed E-state index contributed by atoms with van der Waals surface area (Å²) in [5, 5.41) is 0. The average Bonchev–Trinajstić information content (AvgIpc) is 3.22. The highest BCUT2D eigenvalue weighted by Crippen LogP contribution is 2.35. The maximum atomic E-state index is 14.2. The van der Waals surface area contributed by atoms with Crippen molar-refractivity contribution >= 4 is 12.4 Å². The molecule has 0 N–H and O–H groups in total. The molecule has 1 aromatic heterocycles. The number of halogens is 5. The number of aromatic nitrogens is 2. The second kappa shape index (κ2) is 10.8. The number of ether oxygens (including phenoxy) is 3. The summed E-state index contributed by atoms with van der Waals surface area (Å²) in [5.41, 5.74) is 0.0384. The monoisotopic (exact) mass is 500 g/mol. The fourth-order valence-corrected chi connectivity index (χ4v) is 3.98. The number of hydrogen-bond acceptors (Lipinski definition) is 4. The van der Waals surface area contributed by atoms with Crippen LogP contribution in [-0.4, -0.2) is 29.4 Å². The third-order valence-corrected chi connectivity index (χ3v) is 5.73. The number of benzene rings is 2. The molecule has 0 spiro atoms. The molecule has 1 saturated heterocycles. The van der Waals surface area contributed by atoms with Gasteiger partial charge in [-0.05, 0) is 43.2 Å². The molecular formula is C24H25ClF4N2O3. The van der Waals surface area contributed by atoms with Crippen molar-refractivity contribution in [2.75, 3.05) is 13.7 Å². The van der Waals surface area contributed by atoms with E-state index in [4.69, 9.17) is 14.2 Å². The van der Waals surface area contributed by atoms with Crippen molar-refractivity contribution in [2.24, 2.45) is 0 Å². The number of nitrogens with zero attached hydrogens (tertiary/aromatic N) is 2. The van der Waals surface area contributed by atoms with Crippen LogP contribution in [0.25, 0.3) is 5.69 Å². The highest BCUT2D eigenvalue weighted by atomic mass is 35.5. The Morgan fingerprint density at radius 2 is 1.97 bits per heavy atom. The fourth-order valence-electron chi connectivity index (χ4n) is 3.98. The fraction of sp³-hybridized carbons (Fsp3) is 0.375. The van der Waals surface area contributed by atoms with Crippen LogP contribution in [-0.2, 0) is 22.3 Å². The summed E-state index contributed by atoms with van der Waals surface area (Å²) < 4.78 is 73.8. The Balaban J connectivity index is 0.00000324. The zero-order valence-electron chi connectivity index (χ0n) is 18.6. The highest BCUT2D eigenvalue weighted by Gasteiger charge is 2.34. The third-order valence-electron chi connectivity index (χ3n) is 5.73. The highest BCUT2D eigenvalue weighted by molar-refractivity contribution is 5.85. The average molecular weight is 501 g/mol. The normalized spacial score (nSPS) is 18.4. The van der Waals surface area contributed by atoms with Crippen molar-refractivity contribution in [1.82, 2.24) is 9.55 Å². The van der Waals surface area contributed by atoms with E-state index in [-0.39, 0.29) is 42.5 Å². The first kappa shape index (κ1) is 26.0. The topological polar surface area (TPSA) is 45.5 Å². The van der Waals surface area contributed by atoms with Crippen LogP contribution in [0, 0.1) is 12.7 Å². The predicted molar refractivity (Wildman–Crippen MR) is 120 cm³/mol. The van der Waals surface area contributed by atoms with Gasteiger partial charge in [-0.15, -0.1) is 12.4 Å². The molecule has 0 bridgehead atoms. The molecule has 2 atom stereocenters. The van der Waals surface area contributed by atoms with Crippen molar-refractivity contribution in [1.29, 1.82) is 0 Å². The van der Waals surface area contributed by atoms with Crippen LogP contribution in [0.4, 0.5) is 17.6 Å². The van der Waals surface area contributed by atoms with Gasteiger partial charge < -0.3 is 18.8 Å². The van der Waals surface area contributed by atoms with Crippen LogP contribution in [0.3, 0.4) is 0 Å². The number of methoxy groups -OCH3 is 1. The molecule has 3 aromatic rings. The molecule has 1 fully saturated rings. The van der Waals surface area contributed by atoms with E-state index in [0.29, 0.717) is 30.1 Å². The maximum absolute atomic E-state index is 14.2. The lowest BCUT2D eigenvalue weighted by molar-refractivity contribution is -0.138. The molecule has 0 radical (unpaired) electrons. The van der Waals surface area contributed by atoms with Crippen LogP contribution in [0.5, 0.6) is 5.75 Å². The molecule has 2 aromatic carbocycles. The number of alkyl halides is 3. The van der Waals surface area contributed by atoms with Gasteiger partial charge in [0.25, 0.3) is 0 Å². The molecule has 34 heavy (non-hydrogen) atoms. The number of aryl methyl sites for hydroxylation is 1. The molecule has 0 saturated carbocycles. The summed E-state index contributed by atoms with van der Waals surface area (Å²) in [6.45, 7) is 1.82. The Kier molecular flexibility index (Phi) is 8.22. The molecule has 10 heteroatoms. The van der Waals surface area contributed by atoms with Gasteiger partial charge >= 0.3 is 6.18 Å². The van der Waals surface area contributed by atoms with E-state index in [9.17, 15) is 17.6 Å². The lowest BCUT2D eigenvalue weighted by atomic mass is 9.99. The molecule has 4 rings (SSSR count). The quantitative estimate of drug-likeness (QED) is 0.378. The van der Waals surface area contributed by atoms with Gasteiger partial charge in [-0.1, -0.05) is 6.07 Å². The van der Waals surface area contributed by atoms with E-state index < -0.39 is 17.6 Å². The smallest absolute Gasteiger partial charge is 0.416 e. The molecular weight excluding hydrogens is 476 g/mol. The molecule has 184 valence electrons. The van der Waals surface area contributed by atoms with Crippen molar-refractivity contribution in [3.8, 4) is 11.4 Å². The summed E-state index contributed by atoms with van der Waals surface area (Å²) in [6.07, 6.45) is -0.522. The lowest BCUT2D eigenvalue weighted by Gasteiger charge is -2.29. The van der Waals surface area contributed by atoms with E-state index in [1.165, 1.54) is 18.3 Å². The summed E-state index contributed by atoms with van der Waals surface area (Å²) in [5.74, 6) is 0.156. The standard InChI is InChI=1S/C24H24F4N2O3.ClH/c1-15-29-6-7-30(15)19-4-3-16(22(12-19)24(26,27)28)14-33-21-10-17(9-18(25)11-21)23-13-20(31-2)5-8-32-23;/h3-4,6-7,9-12,20,23H,5,8,13-14H2,1-2H3;1H. The Morgan fingerprint density at radius 3 is 2.65 bits per heavy atom. The third kappa shape index (κ3) is 5.89. The second-order valence-corrected chi connectivity index (χ2v) is 7.93. The number of imidazole rings is 1. The van der Waals surface area contributed by atoms with Gasteiger partial charge in [-0.25, -0.2) is 9.37 Å². The van der Waals surface area contributed by atoms with Crippen molar-refractivity contribution in [3.63, 3.8) is 0 Å². The molecule has 1 aliphatic heterocycles. The summed E-state index contributed by atoms with van der Waals surface area (Å²) in [7, 11) is 1.62. The Hall–Kier alpha value is -2.62. The van der Waals surface area contributed by atoms with E-state index in [0.717, 1.165) is 18.6 Å². The van der Waals surface area contributed by atoms with Crippen LogP contribution >= 0.6 is 12.4 Å². The zero-order valence-corrected chi connectivity index (χ0v) is 19.5. The molecule has 0 aliphatic carbocycles. The first-order valence-corrected chi connectivity index (χ1v) is 10.5. The summed E-state index contributed by atoms with van der Waals surface area (Å²) in [6, 6.07) is 8.09. The van der Waals surface area contributed by atoms with Crippen molar-refractivity contribution in [3.05, 3.63) is 77.1 Å². The van der Waals surface area contributed by atoms with Gasteiger partial charge in [0.05, 0.1) is 17.8 Å². The second-order valence-electron chi connectivity index (χ2n) is 7.93. The van der Waals surface area contributed by atoms with Crippen molar-refractivity contribution in [2.45, 2.75) is 44.8 Å². The zero-order chi connectivity index (χ0) is 23.6. The van der Waals surface area contributed by atoms with Crippen molar-refractivity contribution < 1.29 is 31.8 Å². The number of hydrogen-bond donors (Lipinski definition) is 0. The van der Waals surface area contributed by atoms with E-state index in [1.807, 2.05) is 0 Å². The molecule has 2 heterocycles. The Morgan fingerprint density at radius 1 is 1.18 bits per heavy atom. The largest absolute Gasteiger partial charge is 0.489 e. The van der Waals surface area contributed by atoms with Gasteiger partial charge in [0.15, 0.2) is 0 Å².